The molecule has 0 aliphatic carbocycles. The van der Waals surface area contributed by atoms with Crippen molar-refractivity contribution in [3.63, 3.8) is 0 Å². The van der Waals surface area contributed by atoms with Gasteiger partial charge in [-0.3, -0.25) is 0 Å². The summed E-state index contributed by atoms with van der Waals surface area (Å²) in [6.45, 7) is 0.512. The summed E-state index contributed by atoms with van der Waals surface area (Å²) in [5, 5.41) is 2.05. The summed E-state index contributed by atoms with van der Waals surface area (Å²) < 4.78 is 11.4. The topological polar surface area (TPSA) is 44.5 Å². The zero-order valence-electron chi connectivity index (χ0n) is 13.6. The zero-order valence-corrected chi connectivity index (χ0v) is 14.5. The van der Waals surface area contributed by atoms with Crippen LogP contribution in [-0.4, -0.2) is 7.11 Å². The first kappa shape index (κ1) is 16.6. The Balaban J connectivity index is 1.72. The van der Waals surface area contributed by atoms with Gasteiger partial charge in [-0.15, -0.1) is 11.3 Å². The third kappa shape index (κ3) is 4.16. The molecule has 1 aromatic heterocycles. The van der Waals surface area contributed by atoms with Crippen LogP contribution in [0.4, 0.5) is 0 Å². The van der Waals surface area contributed by atoms with Gasteiger partial charge in [-0.25, -0.2) is 0 Å². The van der Waals surface area contributed by atoms with Crippen LogP contribution in [0, 0.1) is 0 Å². The van der Waals surface area contributed by atoms with Crippen LogP contribution < -0.4 is 15.2 Å². The number of hydrogen-bond donors (Lipinski definition) is 1. The molecule has 3 nitrogen and oxygen atoms in total. The van der Waals surface area contributed by atoms with Gasteiger partial charge in [-0.2, -0.15) is 0 Å². The molecule has 3 aromatic rings. The molecule has 0 amide bonds. The summed E-state index contributed by atoms with van der Waals surface area (Å²) >= 11 is 1.69. The number of hydrogen-bond acceptors (Lipinski definition) is 4. The van der Waals surface area contributed by atoms with E-state index in [1.807, 2.05) is 54.6 Å². The molecule has 0 aliphatic heterocycles. The average Bonchev–Trinajstić information content (AvgIpc) is 3.16. The molecule has 0 fully saturated rings. The van der Waals surface area contributed by atoms with Crippen molar-refractivity contribution in [3.8, 4) is 11.5 Å². The molecule has 0 spiro atoms. The highest BCUT2D eigenvalue weighted by Crippen LogP contribution is 2.30. The molecule has 0 radical (unpaired) electrons. The summed E-state index contributed by atoms with van der Waals surface area (Å²) in [6.07, 6.45) is 0.770. The Kier molecular flexibility index (Phi) is 5.51. The third-order valence-electron chi connectivity index (χ3n) is 3.83. The van der Waals surface area contributed by atoms with Crippen molar-refractivity contribution >= 4 is 11.3 Å². The van der Waals surface area contributed by atoms with Gasteiger partial charge in [0.2, 0.25) is 0 Å². The van der Waals surface area contributed by atoms with E-state index >= 15 is 0 Å². The van der Waals surface area contributed by atoms with Crippen molar-refractivity contribution in [1.29, 1.82) is 0 Å². The van der Waals surface area contributed by atoms with Gasteiger partial charge in [-0.05, 0) is 41.1 Å². The minimum Gasteiger partial charge on any atom is -0.493 e. The fourth-order valence-corrected chi connectivity index (χ4v) is 3.28. The van der Waals surface area contributed by atoms with Crippen LogP contribution in [0.2, 0.25) is 0 Å². The first-order chi connectivity index (χ1) is 11.8. The lowest BCUT2D eigenvalue weighted by molar-refractivity contribution is 0.284. The summed E-state index contributed by atoms with van der Waals surface area (Å²) in [4.78, 5) is 1.19. The smallest absolute Gasteiger partial charge is 0.161 e. The predicted molar refractivity (Wildman–Crippen MR) is 98.7 cm³/mol. The number of rotatable bonds is 7. The molecule has 1 heterocycles. The second-order valence-corrected chi connectivity index (χ2v) is 6.56. The molecule has 4 heteroatoms. The van der Waals surface area contributed by atoms with Gasteiger partial charge in [0.15, 0.2) is 11.5 Å². The van der Waals surface area contributed by atoms with Gasteiger partial charge in [0.05, 0.1) is 7.11 Å². The molecular formula is C20H21NO2S. The normalized spacial score (nSPS) is 11.9. The minimum absolute atomic E-state index is 0.000341. The molecule has 124 valence electrons. The fourth-order valence-electron chi connectivity index (χ4n) is 2.55. The quantitative estimate of drug-likeness (QED) is 0.685. The van der Waals surface area contributed by atoms with Crippen molar-refractivity contribution in [3.05, 3.63) is 82.0 Å². The van der Waals surface area contributed by atoms with Crippen LogP contribution >= 0.6 is 11.3 Å². The van der Waals surface area contributed by atoms with Crippen LogP contribution in [0.15, 0.2) is 66.0 Å². The predicted octanol–water partition coefficient (Wildman–Crippen LogP) is 4.58. The lowest BCUT2D eigenvalue weighted by Gasteiger charge is -2.14. The Labute approximate surface area is 146 Å². The van der Waals surface area contributed by atoms with Gasteiger partial charge in [0.1, 0.15) is 6.61 Å². The molecule has 2 N–H and O–H groups in total. The number of nitrogens with two attached hydrogens (primary N) is 1. The maximum Gasteiger partial charge on any atom is 0.161 e. The molecule has 2 aromatic carbocycles. The Morgan fingerprint density at radius 3 is 2.50 bits per heavy atom. The molecular weight excluding hydrogens is 318 g/mol. The van der Waals surface area contributed by atoms with Gasteiger partial charge in [-0.1, -0.05) is 42.5 Å². The molecule has 3 rings (SSSR count). The minimum atomic E-state index is 0.000341. The highest BCUT2D eigenvalue weighted by molar-refractivity contribution is 7.10. The Morgan fingerprint density at radius 2 is 1.79 bits per heavy atom. The first-order valence-corrected chi connectivity index (χ1v) is 8.77. The Morgan fingerprint density at radius 1 is 0.958 bits per heavy atom. The van der Waals surface area contributed by atoms with Crippen LogP contribution in [0.25, 0.3) is 0 Å². The fraction of sp³-hybridized carbons (Fsp3) is 0.200. The molecule has 0 saturated carbocycles. The van der Waals surface area contributed by atoms with E-state index in [-0.39, 0.29) is 6.04 Å². The van der Waals surface area contributed by atoms with Crippen molar-refractivity contribution in [2.24, 2.45) is 5.73 Å². The summed E-state index contributed by atoms with van der Waals surface area (Å²) in [6, 6.07) is 20.2. The van der Waals surface area contributed by atoms with E-state index in [1.165, 1.54) is 4.88 Å². The maximum atomic E-state index is 6.30. The molecule has 0 aliphatic rings. The number of methoxy groups -OCH3 is 1. The lowest BCUT2D eigenvalue weighted by Crippen LogP contribution is -2.11. The average molecular weight is 339 g/mol. The van der Waals surface area contributed by atoms with Gasteiger partial charge in [0.25, 0.3) is 0 Å². The number of thiophene rings is 1. The SMILES string of the molecule is COc1ccc(CC(N)c2cccs2)cc1OCc1ccccc1. The van der Waals surface area contributed by atoms with Crippen molar-refractivity contribution in [2.45, 2.75) is 19.1 Å². The Hall–Kier alpha value is -2.30. The number of benzene rings is 2. The molecule has 1 atom stereocenters. The maximum absolute atomic E-state index is 6.30. The van der Waals surface area contributed by atoms with Crippen LogP contribution in [0.1, 0.15) is 22.0 Å². The van der Waals surface area contributed by atoms with E-state index in [4.69, 9.17) is 15.2 Å². The second-order valence-electron chi connectivity index (χ2n) is 5.59. The van der Waals surface area contributed by atoms with E-state index in [2.05, 4.69) is 11.4 Å². The lowest BCUT2D eigenvalue weighted by atomic mass is 10.0. The summed E-state index contributed by atoms with van der Waals surface area (Å²) in [5.74, 6) is 1.48. The number of ether oxygens (including phenoxy) is 2. The zero-order chi connectivity index (χ0) is 16.8. The van der Waals surface area contributed by atoms with E-state index in [1.54, 1.807) is 18.4 Å². The molecule has 1 unspecified atom stereocenters. The van der Waals surface area contributed by atoms with Gasteiger partial charge >= 0.3 is 0 Å². The van der Waals surface area contributed by atoms with Gasteiger partial charge < -0.3 is 15.2 Å². The second kappa shape index (κ2) is 7.99. The van der Waals surface area contributed by atoms with Crippen LogP contribution in [-0.2, 0) is 13.0 Å². The van der Waals surface area contributed by atoms with Crippen LogP contribution in [0.5, 0.6) is 11.5 Å². The standard InChI is InChI=1S/C20H21NO2S/c1-22-18-10-9-16(12-17(21)20-8-5-11-24-20)13-19(18)23-14-15-6-3-2-4-7-15/h2-11,13,17H,12,14,21H2,1H3. The van der Waals surface area contributed by atoms with E-state index in [9.17, 15) is 0 Å². The van der Waals surface area contributed by atoms with E-state index in [0.29, 0.717) is 6.61 Å². The van der Waals surface area contributed by atoms with Crippen molar-refractivity contribution < 1.29 is 9.47 Å². The summed E-state index contributed by atoms with van der Waals surface area (Å²) in [7, 11) is 1.65. The molecule has 0 bridgehead atoms. The first-order valence-electron chi connectivity index (χ1n) is 7.89. The van der Waals surface area contributed by atoms with E-state index < -0.39 is 0 Å². The highest BCUT2D eigenvalue weighted by Gasteiger charge is 2.11. The third-order valence-corrected chi connectivity index (χ3v) is 4.83. The largest absolute Gasteiger partial charge is 0.493 e. The molecule has 24 heavy (non-hydrogen) atoms. The Bertz CT molecular complexity index is 757. The monoisotopic (exact) mass is 339 g/mol. The van der Waals surface area contributed by atoms with E-state index in [0.717, 1.165) is 29.0 Å². The van der Waals surface area contributed by atoms with Crippen molar-refractivity contribution in [1.82, 2.24) is 0 Å². The van der Waals surface area contributed by atoms with Crippen molar-refractivity contribution in [2.75, 3.05) is 7.11 Å². The van der Waals surface area contributed by atoms with Crippen LogP contribution in [0.3, 0.4) is 0 Å². The highest BCUT2D eigenvalue weighted by atomic mass is 32.1. The molecule has 0 saturated heterocycles. The van der Waals surface area contributed by atoms with Gasteiger partial charge in [0, 0.05) is 10.9 Å². The summed E-state index contributed by atoms with van der Waals surface area (Å²) in [5.41, 5.74) is 8.56.